The van der Waals surface area contributed by atoms with Crippen LogP contribution in [0.3, 0.4) is 0 Å². The number of piperidine rings is 1. The van der Waals surface area contributed by atoms with Gasteiger partial charge in [-0.05, 0) is 75.7 Å². The number of amides is 2. The first-order chi connectivity index (χ1) is 25.9. The fourth-order valence-electron chi connectivity index (χ4n) is 7.29. The van der Waals surface area contributed by atoms with Crippen LogP contribution in [-0.4, -0.2) is 95.3 Å². The van der Waals surface area contributed by atoms with Crippen LogP contribution in [0.5, 0.6) is 0 Å². The van der Waals surface area contributed by atoms with Gasteiger partial charge >= 0.3 is 6.18 Å². The molecule has 2 amide bonds. The highest BCUT2D eigenvalue weighted by atomic mass is 32.1. The van der Waals surface area contributed by atoms with E-state index < -0.39 is 47.7 Å². The Labute approximate surface area is 328 Å². The van der Waals surface area contributed by atoms with Crippen molar-refractivity contribution >= 4 is 34.7 Å². The molecule has 1 saturated heterocycles. The molecule has 308 valence electrons. The molecule has 0 saturated carbocycles. The molecular formula is C41H61F3N4O6S. The molecule has 14 heteroatoms. The predicted molar refractivity (Wildman–Crippen MR) is 208 cm³/mol. The summed E-state index contributed by atoms with van der Waals surface area (Å²) in [6.07, 6.45) is -1.29. The zero-order chi connectivity index (χ0) is 41.0. The summed E-state index contributed by atoms with van der Waals surface area (Å²) in [4.78, 5) is 62.0. The minimum absolute atomic E-state index is 0.0466. The number of halogens is 3. The number of methoxy groups -OCH3 is 1. The average molecular weight is 795 g/mol. The number of likely N-dealkylation sites (tertiary alicyclic amines) is 1. The van der Waals surface area contributed by atoms with Gasteiger partial charge in [0.15, 0.2) is 5.78 Å². The molecule has 2 heterocycles. The molecule has 0 aliphatic carbocycles. The van der Waals surface area contributed by atoms with Crippen molar-refractivity contribution in [3.05, 3.63) is 51.5 Å². The molecule has 1 aromatic heterocycles. The first kappa shape index (κ1) is 46.2. The zero-order valence-electron chi connectivity index (χ0n) is 33.7. The van der Waals surface area contributed by atoms with Gasteiger partial charge in [0.2, 0.25) is 5.91 Å². The Hall–Kier alpha value is -3.20. The van der Waals surface area contributed by atoms with Gasteiger partial charge in [-0.1, -0.05) is 59.6 Å². The quantitative estimate of drug-likeness (QED) is 0.137. The fraction of sp³-hybridized carbons (Fsp3) is 0.683. The number of thiazole rings is 1. The van der Waals surface area contributed by atoms with Crippen LogP contribution >= 0.6 is 11.3 Å². The highest BCUT2D eigenvalue weighted by molar-refractivity contribution is 7.09. The molecule has 0 spiro atoms. The number of rotatable bonds is 21. The van der Waals surface area contributed by atoms with Gasteiger partial charge in [0, 0.05) is 55.8 Å². The summed E-state index contributed by atoms with van der Waals surface area (Å²) >= 11 is 1.11. The van der Waals surface area contributed by atoms with Crippen molar-refractivity contribution in [2.24, 2.45) is 23.7 Å². The lowest BCUT2D eigenvalue weighted by molar-refractivity contribution is -0.145. The Balaban J connectivity index is 1.80. The van der Waals surface area contributed by atoms with Crippen molar-refractivity contribution in [3.63, 3.8) is 0 Å². The number of aromatic nitrogens is 1. The Morgan fingerprint density at radius 2 is 1.76 bits per heavy atom. The molecule has 7 atom stereocenters. The lowest BCUT2D eigenvalue weighted by atomic mass is 9.82. The summed E-state index contributed by atoms with van der Waals surface area (Å²) in [5, 5.41) is 16.3. The van der Waals surface area contributed by atoms with Gasteiger partial charge in [0.25, 0.3) is 5.91 Å². The first-order valence-electron chi connectivity index (χ1n) is 19.5. The number of nitrogens with one attached hydrogen (secondary N) is 1. The Kier molecular flexibility index (Phi) is 17.9. The van der Waals surface area contributed by atoms with E-state index in [0.29, 0.717) is 10.6 Å². The van der Waals surface area contributed by atoms with Crippen LogP contribution < -0.4 is 5.32 Å². The monoisotopic (exact) mass is 794 g/mol. The van der Waals surface area contributed by atoms with Gasteiger partial charge < -0.3 is 20.1 Å². The zero-order valence-corrected chi connectivity index (χ0v) is 34.5. The number of carbonyl (C=O) groups excluding carboxylic acids is 4. The summed E-state index contributed by atoms with van der Waals surface area (Å²) < 4.78 is 44.8. The van der Waals surface area contributed by atoms with E-state index in [4.69, 9.17) is 4.74 Å². The number of hydrogen-bond donors (Lipinski definition) is 2. The number of aliphatic hydroxyl groups excluding tert-OH is 1. The third-order valence-electron chi connectivity index (χ3n) is 11.1. The van der Waals surface area contributed by atoms with Gasteiger partial charge in [0.05, 0.1) is 18.2 Å². The van der Waals surface area contributed by atoms with E-state index in [1.807, 2.05) is 34.7 Å². The Morgan fingerprint density at radius 3 is 2.33 bits per heavy atom. The van der Waals surface area contributed by atoms with Gasteiger partial charge in [-0.3, -0.25) is 24.1 Å². The number of nitrogens with zero attached hydrogens (tertiary/aromatic N) is 3. The molecule has 10 nitrogen and oxygen atoms in total. The van der Waals surface area contributed by atoms with Crippen LogP contribution in [0.1, 0.15) is 119 Å². The number of carbonyl (C=O) groups is 4. The number of ketones is 2. The van der Waals surface area contributed by atoms with E-state index in [0.717, 1.165) is 55.7 Å². The second kappa shape index (κ2) is 21.4. The summed E-state index contributed by atoms with van der Waals surface area (Å²) in [5.41, 5.74) is -0.151. The SMILES string of the molecule is CC[C@H](C)[C@H](CC(=O)[C@H]1CCCCN1C)C(=O)N(CCOC)[C@H](C[C@@H](O)c1nc(C(=O)N[C@@H](Cc2ccc(C(F)(F)F)cc2)C[C@H](C)C(C)=O)cs1)C(C)C. The number of aliphatic hydroxyl groups is 1. The average Bonchev–Trinajstić information content (AvgIpc) is 3.64. The van der Waals surface area contributed by atoms with Gasteiger partial charge in [0.1, 0.15) is 22.6 Å². The molecule has 0 unspecified atom stereocenters. The molecule has 1 aromatic carbocycles. The second-order valence-corrected chi connectivity index (χ2v) is 16.5. The van der Waals surface area contributed by atoms with Crippen LogP contribution in [0, 0.1) is 23.7 Å². The van der Waals surface area contributed by atoms with Crippen molar-refractivity contribution in [1.82, 2.24) is 20.1 Å². The van der Waals surface area contributed by atoms with E-state index in [1.54, 1.807) is 18.9 Å². The molecular weight excluding hydrogens is 734 g/mol. The Bertz CT molecular complexity index is 1550. The maximum Gasteiger partial charge on any atom is 0.416 e. The van der Waals surface area contributed by atoms with Crippen LogP contribution in [0.25, 0.3) is 0 Å². The van der Waals surface area contributed by atoms with Crippen molar-refractivity contribution in [2.75, 3.05) is 33.9 Å². The van der Waals surface area contributed by atoms with Gasteiger partial charge in [-0.25, -0.2) is 4.98 Å². The third-order valence-corrected chi connectivity index (χ3v) is 12.1. The van der Waals surface area contributed by atoms with Crippen molar-refractivity contribution in [1.29, 1.82) is 0 Å². The lowest BCUT2D eigenvalue weighted by Crippen LogP contribution is -2.50. The van der Waals surface area contributed by atoms with E-state index in [9.17, 15) is 37.5 Å². The maximum absolute atomic E-state index is 14.5. The molecule has 1 aliphatic rings. The first-order valence-corrected chi connectivity index (χ1v) is 20.4. The molecule has 0 radical (unpaired) electrons. The summed E-state index contributed by atoms with van der Waals surface area (Å²) in [5.74, 6) is -1.73. The van der Waals surface area contributed by atoms with Crippen molar-refractivity contribution in [2.45, 2.75) is 123 Å². The van der Waals surface area contributed by atoms with Crippen molar-refractivity contribution in [3.8, 4) is 0 Å². The predicted octanol–water partition coefficient (Wildman–Crippen LogP) is 7.15. The minimum atomic E-state index is -4.47. The Morgan fingerprint density at radius 1 is 1.09 bits per heavy atom. The number of benzene rings is 1. The highest BCUT2D eigenvalue weighted by Gasteiger charge is 2.38. The smallest absolute Gasteiger partial charge is 0.386 e. The molecule has 2 N–H and O–H groups in total. The number of Topliss-reactive ketones (excluding diaryl/α,β-unsaturated/α-hetero) is 2. The molecule has 1 aliphatic heterocycles. The summed E-state index contributed by atoms with van der Waals surface area (Å²) in [6, 6.07) is 3.50. The van der Waals surface area contributed by atoms with Crippen LogP contribution in [0.15, 0.2) is 29.6 Å². The standard InChI is InChI=1S/C41H61F3N4O6S/c1-9-26(4)32(22-36(50)34-12-10-11-17-47(34)7)40(53)48(18-19-54-8)35(25(2)3)23-37(51)39-46-33(24-55-39)38(52)45-31(20-27(5)28(6)49)21-29-13-15-30(16-14-29)41(42,43)44/h13-16,24-27,31-32,34-35,37,51H,9-12,17-23H2,1-8H3,(H,45,52)/t26-,27-,31+,32-,34+,35+,37+/m0/s1. The molecule has 0 bridgehead atoms. The van der Waals surface area contributed by atoms with Gasteiger partial charge in [-0.15, -0.1) is 11.3 Å². The van der Waals surface area contributed by atoms with E-state index >= 15 is 0 Å². The third kappa shape index (κ3) is 13.5. The number of hydrogen-bond acceptors (Lipinski definition) is 9. The number of ether oxygens (including phenoxy) is 1. The molecule has 1 fully saturated rings. The van der Waals surface area contributed by atoms with Gasteiger partial charge in [-0.2, -0.15) is 13.2 Å². The van der Waals surface area contributed by atoms with Crippen LogP contribution in [0.2, 0.25) is 0 Å². The molecule has 2 aromatic rings. The summed E-state index contributed by atoms with van der Waals surface area (Å²) in [7, 11) is 3.53. The second-order valence-electron chi connectivity index (χ2n) is 15.6. The maximum atomic E-state index is 14.5. The van der Waals surface area contributed by atoms with E-state index in [-0.39, 0.29) is 79.9 Å². The van der Waals surface area contributed by atoms with E-state index in [2.05, 4.69) is 15.2 Å². The topological polar surface area (TPSA) is 129 Å². The highest BCUT2D eigenvalue weighted by Crippen LogP contribution is 2.32. The van der Waals surface area contributed by atoms with Crippen LogP contribution in [0.4, 0.5) is 13.2 Å². The molecule has 55 heavy (non-hydrogen) atoms. The van der Waals surface area contributed by atoms with E-state index in [1.165, 1.54) is 24.4 Å². The lowest BCUT2D eigenvalue weighted by Gasteiger charge is -2.39. The molecule has 3 rings (SSSR count). The largest absolute Gasteiger partial charge is 0.416 e. The van der Waals surface area contributed by atoms with Crippen molar-refractivity contribution < 1.29 is 42.2 Å². The normalized spacial score (nSPS) is 18.6. The number of alkyl halides is 3. The minimum Gasteiger partial charge on any atom is -0.386 e. The summed E-state index contributed by atoms with van der Waals surface area (Å²) in [6.45, 7) is 12.6. The van der Waals surface area contributed by atoms with Crippen LogP contribution in [-0.2, 0) is 31.7 Å². The fourth-order valence-corrected chi connectivity index (χ4v) is 8.08. The number of likely N-dealkylation sites (N-methyl/N-ethyl adjacent to an activating group) is 1.